The molecule has 0 amide bonds. The van der Waals surface area contributed by atoms with Crippen LogP contribution in [0.5, 0.6) is 0 Å². The van der Waals surface area contributed by atoms with Gasteiger partial charge >= 0.3 is 17.9 Å². The van der Waals surface area contributed by atoms with Crippen LogP contribution in [0, 0.1) is 0 Å². The van der Waals surface area contributed by atoms with E-state index in [1.807, 2.05) is 60.8 Å². The lowest BCUT2D eigenvalue weighted by Crippen LogP contribution is -2.30. The summed E-state index contributed by atoms with van der Waals surface area (Å²) in [6.07, 6.45) is 59.6. The number of hydrogen-bond donors (Lipinski definition) is 0. The second-order valence-corrected chi connectivity index (χ2v) is 15.1. The molecule has 6 nitrogen and oxygen atoms in total. The Hall–Kier alpha value is -3.67. The van der Waals surface area contributed by atoms with Crippen molar-refractivity contribution >= 4 is 17.9 Å². The Kier molecular flexibility index (Phi) is 43.1. The minimum Gasteiger partial charge on any atom is -0.462 e. The standard InChI is InChI=1S/C52H84O6/c1-4-7-10-13-16-19-22-24-25-26-27-29-30-33-36-39-42-45-51(54)57-48-49(47-56-50(53)44-41-38-35-32-21-18-15-12-9-6-3)58-52(55)46-43-40-37-34-31-28-23-20-17-14-11-8-5-2/h7,10,13,15-16,18-19,22,24-31,49H,4-6,8-9,11-12,14,17,20-21,23,32-48H2,1-3H3/b10-7-,16-13-,18-15-,22-19-,25-24-,27-26+,30-29-,31-28-. The van der Waals surface area contributed by atoms with Crippen LogP contribution < -0.4 is 0 Å². The summed E-state index contributed by atoms with van der Waals surface area (Å²) < 4.78 is 16.6. The molecule has 0 bridgehead atoms. The third kappa shape index (κ3) is 43.5. The van der Waals surface area contributed by atoms with Crippen LogP contribution in [-0.4, -0.2) is 37.2 Å². The molecule has 0 heterocycles. The van der Waals surface area contributed by atoms with Gasteiger partial charge in [-0.1, -0.05) is 189 Å². The zero-order valence-corrected chi connectivity index (χ0v) is 37.3. The van der Waals surface area contributed by atoms with Gasteiger partial charge in [-0.3, -0.25) is 14.4 Å². The summed E-state index contributed by atoms with van der Waals surface area (Å²) in [6, 6.07) is 0. The Morgan fingerprint density at radius 2 is 0.707 bits per heavy atom. The monoisotopic (exact) mass is 805 g/mol. The number of unbranched alkanes of at least 4 members (excludes halogenated alkanes) is 18. The molecule has 1 atom stereocenters. The summed E-state index contributed by atoms with van der Waals surface area (Å²) in [5, 5.41) is 0. The number of ether oxygens (including phenoxy) is 3. The highest BCUT2D eigenvalue weighted by molar-refractivity contribution is 5.71. The Balaban J connectivity index is 4.52. The van der Waals surface area contributed by atoms with Crippen molar-refractivity contribution in [1.29, 1.82) is 0 Å². The van der Waals surface area contributed by atoms with E-state index in [2.05, 4.69) is 57.2 Å². The van der Waals surface area contributed by atoms with E-state index in [0.29, 0.717) is 19.3 Å². The largest absolute Gasteiger partial charge is 0.462 e. The molecule has 0 aromatic heterocycles. The molecule has 1 unspecified atom stereocenters. The van der Waals surface area contributed by atoms with Gasteiger partial charge < -0.3 is 14.2 Å². The van der Waals surface area contributed by atoms with Crippen LogP contribution in [0.15, 0.2) is 97.2 Å². The molecular formula is C52H84O6. The molecule has 0 aliphatic carbocycles. The molecule has 0 N–H and O–H groups in total. The van der Waals surface area contributed by atoms with Crippen molar-refractivity contribution in [2.75, 3.05) is 13.2 Å². The fraction of sp³-hybridized carbons (Fsp3) is 0.635. The highest BCUT2D eigenvalue weighted by atomic mass is 16.6. The zero-order valence-electron chi connectivity index (χ0n) is 37.3. The molecule has 58 heavy (non-hydrogen) atoms. The van der Waals surface area contributed by atoms with E-state index >= 15 is 0 Å². The van der Waals surface area contributed by atoms with Gasteiger partial charge in [-0.15, -0.1) is 0 Å². The van der Waals surface area contributed by atoms with Crippen LogP contribution in [0.1, 0.15) is 194 Å². The predicted molar refractivity (Wildman–Crippen MR) is 247 cm³/mol. The Morgan fingerprint density at radius 3 is 1.17 bits per heavy atom. The molecule has 0 aliphatic heterocycles. The number of hydrogen-bond acceptors (Lipinski definition) is 6. The van der Waals surface area contributed by atoms with E-state index in [4.69, 9.17) is 14.2 Å². The molecule has 0 aliphatic rings. The lowest BCUT2D eigenvalue weighted by atomic mass is 10.1. The first kappa shape index (κ1) is 54.3. The van der Waals surface area contributed by atoms with Gasteiger partial charge in [-0.2, -0.15) is 0 Å². The number of rotatable bonds is 40. The molecule has 0 radical (unpaired) electrons. The molecule has 0 spiro atoms. The number of esters is 3. The van der Waals surface area contributed by atoms with Crippen molar-refractivity contribution in [1.82, 2.24) is 0 Å². The van der Waals surface area contributed by atoms with Gasteiger partial charge in [0, 0.05) is 19.3 Å². The van der Waals surface area contributed by atoms with Gasteiger partial charge in [0.1, 0.15) is 13.2 Å². The van der Waals surface area contributed by atoms with Crippen LogP contribution in [0.25, 0.3) is 0 Å². The summed E-state index contributed by atoms with van der Waals surface area (Å²) in [4.78, 5) is 37.7. The smallest absolute Gasteiger partial charge is 0.306 e. The van der Waals surface area contributed by atoms with E-state index in [9.17, 15) is 14.4 Å². The van der Waals surface area contributed by atoms with Gasteiger partial charge in [0.05, 0.1) is 0 Å². The first-order valence-corrected chi connectivity index (χ1v) is 23.3. The van der Waals surface area contributed by atoms with Crippen molar-refractivity contribution in [2.45, 2.75) is 200 Å². The predicted octanol–water partition coefficient (Wildman–Crippen LogP) is 15.0. The second kappa shape index (κ2) is 46.0. The quantitative estimate of drug-likeness (QED) is 0.0202. The Bertz CT molecular complexity index is 1200. The fourth-order valence-electron chi connectivity index (χ4n) is 5.92. The van der Waals surface area contributed by atoms with E-state index < -0.39 is 6.10 Å². The van der Waals surface area contributed by atoms with E-state index in [1.165, 1.54) is 51.4 Å². The maximum absolute atomic E-state index is 12.7. The highest BCUT2D eigenvalue weighted by Gasteiger charge is 2.19. The molecular weight excluding hydrogens is 721 g/mol. The van der Waals surface area contributed by atoms with Crippen molar-refractivity contribution in [2.24, 2.45) is 0 Å². The molecule has 0 aromatic rings. The van der Waals surface area contributed by atoms with Crippen LogP contribution in [0.4, 0.5) is 0 Å². The lowest BCUT2D eigenvalue weighted by Gasteiger charge is -2.18. The van der Waals surface area contributed by atoms with Gasteiger partial charge in [0.15, 0.2) is 6.10 Å². The normalized spacial score (nSPS) is 12.9. The van der Waals surface area contributed by atoms with Crippen LogP contribution >= 0.6 is 0 Å². The Morgan fingerprint density at radius 1 is 0.362 bits per heavy atom. The summed E-state index contributed by atoms with van der Waals surface area (Å²) in [7, 11) is 0. The topological polar surface area (TPSA) is 78.9 Å². The van der Waals surface area contributed by atoms with E-state index in [1.54, 1.807) is 0 Å². The number of carbonyl (C=O) groups excluding carboxylic acids is 3. The van der Waals surface area contributed by atoms with Crippen molar-refractivity contribution < 1.29 is 28.6 Å². The first-order chi connectivity index (χ1) is 28.5. The van der Waals surface area contributed by atoms with E-state index in [0.717, 1.165) is 103 Å². The maximum atomic E-state index is 12.7. The minimum absolute atomic E-state index is 0.106. The minimum atomic E-state index is -0.807. The van der Waals surface area contributed by atoms with Crippen LogP contribution in [0.3, 0.4) is 0 Å². The maximum Gasteiger partial charge on any atom is 0.306 e. The molecule has 0 saturated carbocycles. The number of allylic oxidation sites excluding steroid dienone is 16. The molecule has 0 aromatic carbocycles. The SMILES string of the molecule is CC\C=C/C=C\C=C/C=C\C=C\C=C/CCCCCC(=O)OCC(COC(=O)CCCCCC/C=C\CCCC)OC(=O)CCCCC/C=C\CCCCCCCC. The molecule has 0 saturated heterocycles. The zero-order chi connectivity index (χ0) is 42.3. The lowest BCUT2D eigenvalue weighted by molar-refractivity contribution is -0.167. The van der Waals surface area contributed by atoms with Crippen molar-refractivity contribution in [3.63, 3.8) is 0 Å². The summed E-state index contributed by atoms with van der Waals surface area (Å²) >= 11 is 0. The number of carbonyl (C=O) groups is 3. The van der Waals surface area contributed by atoms with Gasteiger partial charge in [0.25, 0.3) is 0 Å². The fourth-order valence-corrected chi connectivity index (χ4v) is 5.92. The van der Waals surface area contributed by atoms with Crippen molar-refractivity contribution in [3.05, 3.63) is 97.2 Å². The third-order valence-electron chi connectivity index (χ3n) is 9.45. The van der Waals surface area contributed by atoms with E-state index in [-0.39, 0.29) is 31.1 Å². The van der Waals surface area contributed by atoms with Crippen LogP contribution in [-0.2, 0) is 28.6 Å². The van der Waals surface area contributed by atoms with Gasteiger partial charge in [-0.05, 0) is 83.5 Å². The van der Waals surface area contributed by atoms with Crippen molar-refractivity contribution in [3.8, 4) is 0 Å². The first-order valence-electron chi connectivity index (χ1n) is 23.3. The second-order valence-electron chi connectivity index (χ2n) is 15.1. The molecule has 328 valence electrons. The average Bonchev–Trinajstić information content (AvgIpc) is 3.22. The summed E-state index contributed by atoms with van der Waals surface area (Å²) in [5.74, 6) is -0.989. The highest BCUT2D eigenvalue weighted by Crippen LogP contribution is 2.12. The summed E-state index contributed by atoms with van der Waals surface area (Å²) in [5.41, 5.74) is 0. The molecule has 0 fully saturated rings. The van der Waals surface area contributed by atoms with Gasteiger partial charge in [0.2, 0.25) is 0 Å². The van der Waals surface area contributed by atoms with Gasteiger partial charge in [-0.25, -0.2) is 0 Å². The van der Waals surface area contributed by atoms with Crippen LogP contribution in [0.2, 0.25) is 0 Å². The summed E-state index contributed by atoms with van der Waals surface area (Å²) in [6.45, 7) is 6.35. The molecule has 6 heteroatoms. The third-order valence-corrected chi connectivity index (χ3v) is 9.45. The molecule has 0 rings (SSSR count). The average molecular weight is 805 g/mol. The Labute approximate surface area is 356 Å².